The Bertz CT molecular complexity index is 1200. The molecule has 35 heavy (non-hydrogen) atoms. The van der Waals surface area contributed by atoms with Gasteiger partial charge in [-0.25, -0.2) is 4.98 Å². The number of pyridine rings is 2. The molecule has 5 rings (SSSR count). The van der Waals surface area contributed by atoms with E-state index in [1.165, 1.54) is 5.56 Å². The monoisotopic (exact) mass is 512 g/mol. The number of amides is 1. The van der Waals surface area contributed by atoms with Crippen LogP contribution in [0.4, 0.5) is 0 Å². The Morgan fingerprint density at radius 2 is 1.89 bits per heavy atom. The number of piperidine rings is 2. The highest BCUT2D eigenvalue weighted by Gasteiger charge is 2.35. The third-order valence-corrected chi connectivity index (χ3v) is 8.23. The van der Waals surface area contributed by atoms with E-state index < -0.39 is 0 Å². The SMILES string of the molecule is CO[C@@H]1CN(C2CCN(C(=O)c3ccc4cnccc4n3)CC2)CCC1Cc1ccc(Cl)c(Cl)c1. The predicted molar refractivity (Wildman–Crippen MR) is 139 cm³/mol. The minimum Gasteiger partial charge on any atom is -0.380 e. The number of hydrogen-bond donors (Lipinski definition) is 0. The molecule has 1 amide bonds. The molecule has 2 aliphatic rings. The molecule has 2 fully saturated rings. The van der Waals surface area contributed by atoms with Gasteiger partial charge in [-0.1, -0.05) is 29.3 Å². The zero-order valence-corrected chi connectivity index (χ0v) is 21.4. The molecule has 6 nitrogen and oxygen atoms in total. The molecule has 4 heterocycles. The quantitative estimate of drug-likeness (QED) is 0.474. The summed E-state index contributed by atoms with van der Waals surface area (Å²) in [6.07, 6.45) is 7.60. The number of likely N-dealkylation sites (tertiary alicyclic amines) is 2. The minimum atomic E-state index is 0.0114. The fraction of sp³-hybridized carbons (Fsp3) is 0.444. The van der Waals surface area contributed by atoms with Crippen molar-refractivity contribution in [2.45, 2.75) is 37.8 Å². The van der Waals surface area contributed by atoms with Gasteiger partial charge in [-0.3, -0.25) is 14.7 Å². The summed E-state index contributed by atoms with van der Waals surface area (Å²) < 4.78 is 5.93. The lowest BCUT2D eigenvalue weighted by molar-refractivity contribution is -0.0326. The van der Waals surface area contributed by atoms with Crippen LogP contribution in [0, 0.1) is 5.92 Å². The number of carbonyl (C=O) groups is 1. The fourth-order valence-corrected chi connectivity index (χ4v) is 5.79. The molecule has 0 N–H and O–H groups in total. The molecule has 2 atom stereocenters. The number of benzene rings is 1. The minimum absolute atomic E-state index is 0.0114. The molecule has 184 valence electrons. The topological polar surface area (TPSA) is 58.6 Å². The van der Waals surface area contributed by atoms with Crippen molar-refractivity contribution in [2.24, 2.45) is 5.92 Å². The van der Waals surface area contributed by atoms with Crippen molar-refractivity contribution in [3.05, 3.63) is 70.1 Å². The van der Waals surface area contributed by atoms with Gasteiger partial charge in [0.2, 0.25) is 0 Å². The van der Waals surface area contributed by atoms with Crippen molar-refractivity contribution in [1.82, 2.24) is 19.8 Å². The van der Waals surface area contributed by atoms with Gasteiger partial charge in [-0.2, -0.15) is 0 Å². The Labute approximate surface area is 216 Å². The second-order valence-corrected chi connectivity index (χ2v) is 10.4. The molecule has 2 aliphatic heterocycles. The van der Waals surface area contributed by atoms with E-state index in [0.717, 1.165) is 62.8 Å². The number of halogens is 2. The Morgan fingerprint density at radius 3 is 2.66 bits per heavy atom. The molecular weight excluding hydrogens is 483 g/mol. The number of fused-ring (bicyclic) bond motifs is 1. The summed E-state index contributed by atoms with van der Waals surface area (Å²) in [7, 11) is 1.81. The van der Waals surface area contributed by atoms with E-state index in [0.29, 0.717) is 27.7 Å². The summed E-state index contributed by atoms with van der Waals surface area (Å²) in [6, 6.07) is 11.9. The molecule has 2 saturated heterocycles. The lowest BCUT2D eigenvalue weighted by Crippen LogP contribution is -2.53. The summed E-state index contributed by atoms with van der Waals surface area (Å²) in [6.45, 7) is 3.47. The number of nitrogens with zero attached hydrogens (tertiary/aromatic N) is 4. The largest absolute Gasteiger partial charge is 0.380 e. The van der Waals surface area contributed by atoms with Gasteiger partial charge in [0, 0.05) is 50.6 Å². The van der Waals surface area contributed by atoms with Crippen LogP contribution in [-0.4, -0.2) is 71.1 Å². The average Bonchev–Trinajstić information content (AvgIpc) is 2.90. The lowest BCUT2D eigenvalue weighted by atomic mass is 9.86. The van der Waals surface area contributed by atoms with Crippen molar-refractivity contribution < 1.29 is 9.53 Å². The van der Waals surface area contributed by atoms with E-state index >= 15 is 0 Å². The van der Waals surface area contributed by atoms with Crippen molar-refractivity contribution in [1.29, 1.82) is 0 Å². The first-order chi connectivity index (χ1) is 17.0. The second-order valence-electron chi connectivity index (χ2n) is 9.56. The summed E-state index contributed by atoms with van der Waals surface area (Å²) >= 11 is 12.3. The zero-order chi connectivity index (χ0) is 24.4. The Balaban J connectivity index is 1.16. The van der Waals surface area contributed by atoms with Crippen LogP contribution < -0.4 is 0 Å². The van der Waals surface area contributed by atoms with Crippen LogP contribution in [0.25, 0.3) is 10.9 Å². The van der Waals surface area contributed by atoms with E-state index in [-0.39, 0.29) is 12.0 Å². The van der Waals surface area contributed by atoms with Gasteiger partial charge < -0.3 is 9.64 Å². The molecule has 2 aromatic heterocycles. The molecule has 0 bridgehead atoms. The van der Waals surface area contributed by atoms with Gasteiger partial charge >= 0.3 is 0 Å². The Morgan fingerprint density at radius 1 is 1.06 bits per heavy atom. The highest BCUT2D eigenvalue weighted by molar-refractivity contribution is 6.42. The molecule has 8 heteroatoms. The van der Waals surface area contributed by atoms with Crippen LogP contribution in [0.15, 0.2) is 48.8 Å². The third-order valence-electron chi connectivity index (χ3n) is 7.49. The predicted octanol–water partition coefficient (Wildman–Crippen LogP) is 5.12. The van der Waals surface area contributed by atoms with Crippen molar-refractivity contribution in [2.75, 3.05) is 33.3 Å². The van der Waals surface area contributed by atoms with Gasteiger partial charge in [0.25, 0.3) is 5.91 Å². The van der Waals surface area contributed by atoms with Gasteiger partial charge in [-0.15, -0.1) is 0 Å². The van der Waals surface area contributed by atoms with E-state index in [9.17, 15) is 4.79 Å². The molecule has 0 aliphatic carbocycles. The first-order valence-corrected chi connectivity index (χ1v) is 13.0. The first kappa shape index (κ1) is 24.4. The summed E-state index contributed by atoms with van der Waals surface area (Å²) in [4.78, 5) is 26.3. The summed E-state index contributed by atoms with van der Waals surface area (Å²) in [5, 5.41) is 2.14. The van der Waals surface area contributed by atoms with Crippen LogP contribution in [0.5, 0.6) is 0 Å². The van der Waals surface area contributed by atoms with E-state index in [1.54, 1.807) is 18.5 Å². The molecular formula is C27H30Cl2N4O2. The first-order valence-electron chi connectivity index (χ1n) is 12.2. The normalized spacial score (nSPS) is 22.0. The van der Waals surface area contributed by atoms with Crippen LogP contribution in [0.2, 0.25) is 10.0 Å². The lowest BCUT2D eigenvalue weighted by Gasteiger charge is -2.44. The van der Waals surface area contributed by atoms with Crippen LogP contribution >= 0.6 is 23.2 Å². The molecule has 1 aromatic carbocycles. The highest BCUT2D eigenvalue weighted by atomic mass is 35.5. The zero-order valence-electron chi connectivity index (χ0n) is 19.9. The second kappa shape index (κ2) is 10.8. The number of methoxy groups -OCH3 is 1. The molecule has 0 spiro atoms. The number of carbonyl (C=O) groups excluding carboxylic acids is 1. The average molecular weight is 513 g/mol. The number of ether oxygens (including phenoxy) is 1. The van der Waals surface area contributed by atoms with Crippen molar-refractivity contribution in [3.63, 3.8) is 0 Å². The van der Waals surface area contributed by atoms with Gasteiger partial charge in [0.15, 0.2) is 0 Å². The highest BCUT2D eigenvalue weighted by Crippen LogP contribution is 2.30. The van der Waals surface area contributed by atoms with Crippen molar-refractivity contribution >= 4 is 40.0 Å². The van der Waals surface area contributed by atoms with E-state index in [1.807, 2.05) is 36.3 Å². The maximum absolute atomic E-state index is 13.1. The Hall–Kier alpha value is -2.25. The van der Waals surface area contributed by atoms with Crippen LogP contribution in [0.3, 0.4) is 0 Å². The number of rotatable bonds is 5. The van der Waals surface area contributed by atoms with Crippen LogP contribution in [0.1, 0.15) is 35.3 Å². The molecule has 0 radical (unpaired) electrons. The molecule has 1 unspecified atom stereocenters. The van der Waals surface area contributed by atoms with Gasteiger partial charge in [-0.05, 0) is 74.0 Å². The maximum Gasteiger partial charge on any atom is 0.272 e. The summed E-state index contributed by atoms with van der Waals surface area (Å²) in [5.41, 5.74) is 2.50. The van der Waals surface area contributed by atoms with Crippen molar-refractivity contribution in [3.8, 4) is 0 Å². The third kappa shape index (κ3) is 5.46. The number of aromatic nitrogens is 2. The smallest absolute Gasteiger partial charge is 0.272 e. The molecule has 0 saturated carbocycles. The standard InChI is InChI=1S/C27H30Cl2N4O2/c1-35-26-17-33(11-7-19(26)14-18-2-4-22(28)23(29)15-18)21-8-12-32(13-9-21)27(34)25-5-3-20-16-30-10-6-24(20)31-25/h2-6,10,15-16,19,21,26H,7-9,11-14,17H2,1H3/t19?,26-/m1/s1. The van der Waals surface area contributed by atoms with Crippen LogP contribution in [-0.2, 0) is 11.2 Å². The fourth-order valence-electron chi connectivity index (χ4n) is 5.47. The number of hydrogen-bond acceptors (Lipinski definition) is 5. The Kier molecular flexibility index (Phi) is 7.54. The van der Waals surface area contributed by atoms with Gasteiger partial charge in [0.05, 0.1) is 21.7 Å². The maximum atomic E-state index is 13.1. The van der Waals surface area contributed by atoms with E-state index in [2.05, 4.69) is 20.9 Å². The van der Waals surface area contributed by atoms with E-state index in [4.69, 9.17) is 27.9 Å². The molecule has 3 aromatic rings. The van der Waals surface area contributed by atoms with Gasteiger partial charge in [0.1, 0.15) is 5.69 Å². The summed E-state index contributed by atoms with van der Waals surface area (Å²) in [5.74, 6) is 0.460.